The van der Waals surface area contributed by atoms with Crippen molar-refractivity contribution in [2.24, 2.45) is 16.6 Å². The molecule has 8 heteroatoms. The van der Waals surface area contributed by atoms with Crippen molar-refractivity contribution in [1.29, 1.82) is 0 Å². The van der Waals surface area contributed by atoms with Crippen molar-refractivity contribution in [2.45, 2.75) is 37.1 Å². The second kappa shape index (κ2) is 6.23. The molecule has 0 radical (unpaired) electrons. The number of benzene rings is 1. The fourth-order valence-electron chi connectivity index (χ4n) is 4.81. The molecule has 2 aliphatic heterocycles. The summed E-state index contributed by atoms with van der Waals surface area (Å²) in [5, 5.41) is 0. The van der Waals surface area contributed by atoms with Crippen molar-refractivity contribution in [3.8, 4) is 16.9 Å². The number of amides is 1. The Hall–Kier alpha value is -3.03. The molecule has 1 amide bonds. The van der Waals surface area contributed by atoms with Gasteiger partial charge in [-0.15, -0.1) is 0 Å². The molecule has 0 bridgehead atoms. The molecule has 1 spiro atoms. The highest BCUT2D eigenvalue weighted by Crippen LogP contribution is 2.54. The second-order valence-corrected chi connectivity index (χ2v) is 7.88. The first-order chi connectivity index (χ1) is 13.9. The van der Waals surface area contributed by atoms with Crippen LogP contribution >= 0.6 is 0 Å². The van der Waals surface area contributed by atoms with Crippen LogP contribution in [0.4, 0.5) is 8.78 Å². The van der Waals surface area contributed by atoms with E-state index in [1.54, 1.807) is 31.4 Å². The van der Waals surface area contributed by atoms with Crippen LogP contribution in [0, 0.1) is 11.7 Å². The molecular weight excluding hydrogens is 378 g/mol. The number of hydrogen-bond donors (Lipinski definition) is 1. The maximum absolute atomic E-state index is 14.1. The fraction of sp³-hybridized carbons (Fsp3) is 0.381. The summed E-state index contributed by atoms with van der Waals surface area (Å²) in [5.41, 5.74) is 6.62. The average molecular weight is 398 g/mol. The van der Waals surface area contributed by atoms with Crippen molar-refractivity contribution in [3.05, 3.63) is 48.0 Å². The molecule has 4 unspecified atom stereocenters. The first kappa shape index (κ1) is 18.0. The number of hydrogen-bond acceptors (Lipinski definition) is 5. The third kappa shape index (κ3) is 2.54. The van der Waals surface area contributed by atoms with Crippen LogP contribution in [-0.4, -0.2) is 41.1 Å². The van der Waals surface area contributed by atoms with Crippen LogP contribution in [0.25, 0.3) is 11.1 Å². The monoisotopic (exact) mass is 398 g/mol. The van der Waals surface area contributed by atoms with E-state index >= 15 is 0 Å². The van der Waals surface area contributed by atoms with Gasteiger partial charge in [0.2, 0.25) is 0 Å². The molecule has 1 fully saturated rings. The molecule has 3 aliphatic rings. The number of nitrogens with two attached hydrogens (primary N) is 1. The number of carbonyl (C=O) groups is 1. The molecule has 3 heterocycles. The van der Waals surface area contributed by atoms with Crippen LogP contribution < -0.4 is 10.5 Å². The Bertz CT molecular complexity index is 1040. The molecule has 4 atom stereocenters. The van der Waals surface area contributed by atoms with Gasteiger partial charge in [0.15, 0.2) is 11.5 Å². The summed E-state index contributed by atoms with van der Waals surface area (Å²) >= 11 is 0. The normalized spacial score (nSPS) is 30.6. The number of alkyl halides is 1. The Balaban J connectivity index is 1.71. The first-order valence-corrected chi connectivity index (χ1v) is 9.60. The quantitative estimate of drug-likeness (QED) is 0.801. The van der Waals surface area contributed by atoms with E-state index in [0.717, 1.165) is 6.20 Å². The molecule has 5 rings (SSSR count). The van der Waals surface area contributed by atoms with Gasteiger partial charge in [-0.1, -0.05) is 6.07 Å². The topological polar surface area (TPSA) is 80.8 Å². The number of pyridine rings is 1. The highest BCUT2D eigenvalue weighted by Gasteiger charge is 2.60. The molecule has 150 valence electrons. The van der Waals surface area contributed by atoms with Crippen LogP contribution in [0.5, 0.6) is 5.75 Å². The molecule has 2 aromatic rings. The predicted molar refractivity (Wildman–Crippen MR) is 102 cm³/mol. The lowest BCUT2D eigenvalue weighted by atomic mass is 9.67. The van der Waals surface area contributed by atoms with E-state index in [2.05, 4.69) is 9.98 Å². The molecule has 29 heavy (non-hydrogen) atoms. The van der Waals surface area contributed by atoms with E-state index in [0.29, 0.717) is 35.3 Å². The van der Waals surface area contributed by atoms with Gasteiger partial charge in [0.1, 0.15) is 23.8 Å². The van der Waals surface area contributed by atoms with Crippen LogP contribution in [0.15, 0.2) is 41.7 Å². The number of guanidine groups is 1. The maximum atomic E-state index is 14.1. The number of carbonyl (C=O) groups excluding carboxylic acids is 1. The zero-order valence-corrected chi connectivity index (χ0v) is 15.8. The fourth-order valence-corrected chi connectivity index (χ4v) is 4.81. The lowest BCUT2D eigenvalue weighted by molar-refractivity contribution is -0.137. The Morgan fingerprint density at radius 3 is 2.79 bits per heavy atom. The summed E-state index contributed by atoms with van der Waals surface area (Å²) < 4.78 is 33.9. The standard InChI is InChI=1S/C21H20F2N4O2/c1-27-19(28)21(26-20(27)24)15-4-3-13(22)8-18(15)29-17-5-2-11(7-16(17)21)12-6-14(23)10-25-9-12/h2,5-7,9-10,13,15,18H,3-4,8H2,1H3,(H2,24,26). The van der Waals surface area contributed by atoms with Gasteiger partial charge in [-0.3, -0.25) is 14.7 Å². The second-order valence-electron chi connectivity index (χ2n) is 7.88. The Labute approximate surface area is 166 Å². The number of nitrogens with zero attached hydrogens (tertiary/aromatic N) is 3. The number of halogens is 2. The zero-order chi connectivity index (χ0) is 20.3. The number of aliphatic imine (C=N–C) groups is 1. The number of fused-ring (bicyclic) bond motifs is 4. The largest absolute Gasteiger partial charge is 0.490 e. The minimum absolute atomic E-state index is 0.127. The third-order valence-electron chi connectivity index (χ3n) is 6.24. The van der Waals surface area contributed by atoms with Gasteiger partial charge < -0.3 is 10.5 Å². The van der Waals surface area contributed by atoms with Gasteiger partial charge in [-0.25, -0.2) is 13.8 Å². The summed E-state index contributed by atoms with van der Waals surface area (Å²) in [4.78, 5) is 23.3. The number of rotatable bonds is 1. The van der Waals surface area contributed by atoms with Crippen LogP contribution in [0.1, 0.15) is 24.8 Å². The highest BCUT2D eigenvalue weighted by atomic mass is 19.1. The van der Waals surface area contributed by atoms with Crippen molar-refractivity contribution in [1.82, 2.24) is 9.88 Å². The van der Waals surface area contributed by atoms with Crippen LogP contribution in [0.3, 0.4) is 0 Å². The molecule has 0 saturated heterocycles. The van der Waals surface area contributed by atoms with Gasteiger partial charge in [0, 0.05) is 36.7 Å². The zero-order valence-electron chi connectivity index (χ0n) is 15.8. The van der Waals surface area contributed by atoms with Gasteiger partial charge in [0.25, 0.3) is 5.91 Å². The molecule has 1 aromatic heterocycles. The van der Waals surface area contributed by atoms with Crippen molar-refractivity contribution in [2.75, 3.05) is 7.05 Å². The first-order valence-electron chi connectivity index (χ1n) is 9.60. The van der Waals surface area contributed by atoms with Crippen molar-refractivity contribution in [3.63, 3.8) is 0 Å². The summed E-state index contributed by atoms with van der Waals surface area (Å²) in [6.07, 6.45) is 2.29. The van der Waals surface area contributed by atoms with Gasteiger partial charge >= 0.3 is 0 Å². The lowest BCUT2D eigenvalue weighted by Gasteiger charge is -2.46. The molecular formula is C21H20F2N4O2. The van der Waals surface area contributed by atoms with E-state index in [1.807, 2.05) is 0 Å². The summed E-state index contributed by atoms with van der Waals surface area (Å²) in [7, 11) is 1.58. The van der Waals surface area contributed by atoms with E-state index < -0.39 is 23.6 Å². The van der Waals surface area contributed by atoms with E-state index in [-0.39, 0.29) is 24.2 Å². The lowest BCUT2D eigenvalue weighted by Crippen LogP contribution is -2.54. The molecule has 6 nitrogen and oxygen atoms in total. The van der Waals surface area contributed by atoms with Crippen molar-refractivity contribution < 1.29 is 18.3 Å². The number of likely N-dealkylation sites (N-methyl/N-ethyl adjacent to an activating group) is 1. The predicted octanol–water partition coefficient (Wildman–Crippen LogP) is 2.77. The average Bonchev–Trinajstić information content (AvgIpc) is 2.92. The minimum atomic E-state index is -1.26. The molecule has 1 aliphatic carbocycles. The Kier molecular flexibility index (Phi) is 3.88. The smallest absolute Gasteiger partial charge is 0.262 e. The maximum Gasteiger partial charge on any atom is 0.262 e. The van der Waals surface area contributed by atoms with Crippen molar-refractivity contribution >= 4 is 11.9 Å². The van der Waals surface area contributed by atoms with E-state index in [4.69, 9.17) is 10.5 Å². The van der Waals surface area contributed by atoms with E-state index in [1.165, 1.54) is 11.0 Å². The number of aromatic nitrogens is 1. The van der Waals surface area contributed by atoms with Gasteiger partial charge in [-0.2, -0.15) is 0 Å². The van der Waals surface area contributed by atoms with Crippen LogP contribution in [0.2, 0.25) is 0 Å². The molecule has 1 aromatic carbocycles. The Morgan fingerprint density at radius 2 is 2.07 bits per heavy atom. The summed E-state index contributed by atoms with van der Waals surface area (Å²) in [6.45, 7) is 0. The summed E-state index contributed by atoms with van der Waals surface area (Å²) in [5.74, 6) is -0.415. The minimum Gasteiger partial charge on any atom is -0.490 e. The molecule has 1 saturated carbocycles. The Morgan fingerprint density at radius 1 is 1.24 bits per heavy atom. The van der Waals surface area contributed by atoms with E-state index in [9.17, 15) is 13.6 Å². The third-order valence-corrected chi connectivity index (χ3v) is 6.24. The summed E-state index contributed by atoms with van der Waals surface area (Å²) in [6, 6.07) is 6.67. The number of ether oxygens (including phenoxy) is 1. The van der Waals surface area contributed by atoms with Gasteiger partial charge in [-0.05, 0) is 36.6 Å². The van der Waals surface area contributed by atoms with Gasteiger partial charge in [0.05, 0.1) is 6.20 Å². The van der Waals surface area contributed by atoms with Crippen LogP contribution in [-0.2, 0) is 10.3 Å². The molecule has 2 N–H and O–H groups in total. The highest BCUT2D eigenvalue weighted by molar-refractivity contribution is 6.07. The SMILES string of the molecule is CN1C(=O)C2(N=C1N)c1cc(-c3cncc(F)c3)ccc1OC1CC(F)CCC12.